The van der Waals surface area contributed by atoms with Crippen molar-refractivity contribution < 1.29 is 0 Å². The molecule has 118 valence electrons. The molecule has 0 aliphatic heterocycles. The molecule has 0 amide bonds. The summed E-state index contributed by atoms with van der Waals surface area (Å²) in [6, 6.07) is 9.38. The normalized spacial score (nSPS) is 16.7. The number of hydrogen-bond donors (Lipinski definition) is 1. The van der Waals surface area contributed by atoms with E-state index >= 15 is 0 Å². The molecule has 1 aliphatic carbocycles. The number of unbranched alkanes of at least 4 members (excludes halogenated alkanes) is 6. The summed E-state index contributed by atoms with van der Waals surface area (Å²) in [4.78, 5) is 0. The SMILES string of the molecule is CCCCCCCCCC(N)c1ccc(C2CCC2)cc1. The van der Waals surface area contributed by atoms with Crippen molar-refractivity contribution in [1.29, 1.82) is 0 Å². The number of benzene rings is 1. The lowest BCUT2D eigenvalue weighted by Crippen LogP contribution is -2.12. The van der Waals surface area contributed by atoms with Gasteiger partial charge in [0.2, 0.25) is 0 Å². The van der Waals surface area contributed by atoms with Gasteiger partial charge in [0.15, 0.2) is 0 Å². The number of nitrogens with two attached hydrogens (primary N) is 1. The van der Waals surface area contributed by atoms with E-state index in [1.807, 2.05) is 0 Å². The Balaban J connectivity index is 1.62. The fraction of sp³-hybridized carbons (Fsp3) is 0.700. The van der Waals surface area contributed by atoms with Gasteiger partial charge in [-0.2, -0.15) is 0 Å². The largest absolute Gasteiger partial charge is 0.324 e. The molecule has 1 aromatic rings. The highest BCUT2D eigenvalue weighted by atomic mass is 14.6. The van der Waals surface area contributed by atoms with Gasteiger partial charge in [-0.05, 0) is 36.3 Å². The van der Waals surface area contributed by atoms with Gasteiger partial charge in [0.1, 0.15) is 0 Å². The van der Waals surface area contributed by atoms with Crippen LogP contribution in [0.3, 0.4) is 0 Å². The first kappa shape index (κ1) is 16.5. The van der Waals surface area contributed by atoms with Crippen molar-refractivity contribution in [1.82, 2.24) is 0 Å². The molecule has 0 bridgehead atoms. The van der Waals surface area contributed by atoms with Gasteiger partial charge >= 0.3 is 0 Å². The van der Waals surface area contributed by atoms with E-state index in [2.05, 4.69) is 31.2 Å². The van der Waals surface area contributed by atoms with Crippen molar-refractivity contribution in [2.24, 2.45) is 5.73 Å². The summed E-state index contributed by atoms with van der Waals surface area (Å²) in [5, 5.41) is 0. The molecular formula is C20H33N. The second kappa shape index (κ2) is 9.25. The van der Waals surface area contributed by atoms with Crippen molar-refractivity contribution in [2.75, 3.05) is 0 Å². The van der Waals surface area contributed by atoms with Crippen LogP contribution in [-0.2, 0) is 0 Å². The smallest absolute Gasteiger partial charge is 0.0294 e. The second-order valence-electron chi connectivity index (χ2n) is 6.81. The van der Waals surface area contributed by atoms with Crippen LogP contribution >= 0.6 is 0 Å². The summed E-state index contributed by atoms with van der Waals surface area (Å²) in [7, 11) is 0. The predicted molar refractivity (Wildman–Crippen MR) is 92.6 cm³/mol. The molecule has 2 N–H and O–H groups in total. The van der Waals surface area contributed by atoms with Crippen LogP contribution in [0.15, 0.2) is 24.3 Å². The summed E-state index contributed by atoms with van der Waals surface area (Å²) >= 11 is 0. The van der Waals surface area contributed by atoms with Crippen molar-refractivity contribution in [2.45, 2.75) is 89.5 Å². The van der Waals surface area contributed by atoms with Crippen LogP contribution < -0.4 is 5.73 Å². The molecule has 1 aromatic carbocycles. The molecular weight excluding hydrogens is 254 g/mol. The highest BCUT2D eigenvalue weighted by Gasteiger charge is 2.19. The fourth-order valence-electron chi connectivity index (χ4n) is 3.24. The van der Waals surface area contributed by atoms with E-state index in [0.717, 1.165) is 12.3 Å². The maximum Gasteiger partial charge on any atom is 0.0294 e. The maximum atomic E-state index is 6.33. The summed E-state index contributed by atoms with van der Waals surface area (Å²) in [5.41, 5.74) is 9.17. The molecule has 1 fully saturated rings. The Morgan fingerprint density at radius 1 is 0.952 bits per heavy atom. The molecule has 1 aliphatic rings. The summed E-state index contributed by atoms with van der Waals surface area (Å²) in [5.74, 6) is 0.832. The van der Waals surface area contributed by atoms with Gasteiger partial charge in [0.05, 0.1) is 0 Å². The van der Waals surface area contributed by atoms with E-state index in [9.17, 15) is 0 Å². The lowest BCUT2D eigenvalue weighted by molar-refractivity contribution is 0.419. The van der Waals surface area contributed by atoms with E-state index in [4.69, 9.17) is 5.73 Å². The van der Waals surface area contributed by atoms with Crippen LogP contribution in [0.1, 0.15) is 101 Å². The Kier molecular flexibility index (Phi) is 7.29. The third-order valence-corrected chi connectivity index (χ3v) is 5.06. The van der Waals surface area contributed by atoms with Crippen LogP contribution in [0, 0.1) is 0 Å². The van der Waals surface area contributed by atoms with Crippen LogP contribution in [-0.4, -0.2) is 0 Å². The van der Waals surface area contributed by atoms with Crippen LogP contribution in [0.25, 0.3) is 0 Å². The molecule has 0 spiro atoms. The average Bonchev–Trinajstić information content (AvgIpc) is 2.45. The van der Waals surface area contributed by atoms with Crippen LogP contribution in [0.2, 0.25) is 0 Å². The first-order valence-electron chi connectivity index (χ1n) is 9.16. The monoisotopic (exact) mass is 287 g/mol. The van der Waals surface area contributed by atoms with Gasteiger partial charge in [-0.3, -0.25) is 0 Å². The van der Waals surface area contributed by atoms with Crippen molar-refractivity contribution in [3.05, 3.63) is 35.4 Å². The molecule has 1 nitrogen and oxygen atoms in total. The highest BCUT2D eigenvalue weighted by molar-refractivity contribution is 5.28. The first-order valence-corrected chi connectivity index (χ1v) is 9.16. The lowest BCUT2D eigenvalue weighted by atomic mass is 9.80. The van der Waals surface area contributed by atoms with Gasteiger partial charge in [-0.25, -0.2) is 0 Å². The minimum absolute atomic E-state index is 0.232. The van der Waals surface area contributed by atoms with Crippen molar-refractivity contribution in [3.63, 3.8) is 0 Å². The minimum atomic E-state index is 0.232. The van der Waals surface area contributed by atoms with Crippen LogP contribution in [0.4, 0.5) is 0 Å². The predicted octanol–water partition coefficient (Wildman–Crippen LogP) is 6.09. The zero-order chi connectivity index (χ0) is 14.9. The molecule has 1 unspecified atom stereocenters. The molecule has 2 rings (SSSR count). The Hall–Kier alpha value is -0.820. The molecule has 0 radical (unpaired) electrons. The minimum Gasteiger partial charge on any atom is -0.324 e. The molecule has 21 heavy (non-hydrogen) atoms. The lowest BCUT2D eigenvalue weighted by Gasteiger charge is -2.26. The Labute approximate surface area is 131 Å². The van der Waals surface area contributed by atoms with Gasteiger partial charge in [0, 0.05) is 6.04 Å². The average molecular weight is 287 g/mol. The van der Waals surface area contributed by atoms with Crippen LogP contribution in [0.5, 0.6) is 0 Å². The Bertz CT molecular complexity index is 377. The zero-order valence-electron chi connectivity index (χ0n) is 13.8. The van der Waals surface area contributed by atoms with Crippen molar-refractivity contribution >= 4 is 0 Å². The Morgan fingerprint density at radius 2 is 1.57 bits per heavy atom. The van der Waals surface area contributed by atoms with E-state index < -0.39 is 0 Å². The Morgan fingerprint density at radius 3 is 2.14 bits per heavy atom. The quantitative estimate of drug-likeness (QED) is 0.517. The molecule has 0 heterocycles. The number of hydrogen-bond acceptors (Lipinski definition) is 1. The van der Waals surface area contributed by atoms with Gasteiger partial charge in [-0.1, -0.05) is 82.6 Å². The van der Waals surface area contributed by atoms with E-state index in [-0.39, 0.29) is 6.04 Å². The standard InChI is InChI=1S/C20H33N/c1-2-3-4-5-6-7-8-12-20(21)19-15-13-18(14-16-19)17-10-9-11-17/h13-17,20H,2-12,21H2,1H3. The number of rotatable bonds is 10. The van der Waals surface area contributed by atoms with Gasteiger partial charge in [-0.15, -0.1) is 0 Å². The van der Waals surface area contributed by atoms with Gasteiger partial charge < -0.3 is 5.73 Å². The van der Waals surface area contributed by atoms with E-state index in [1.54, 1.807) is 0 Å². The second-order valence-corrected chi connectivity index (χ2v) is 6.81. The summed E-state index contributed by atoms with van der Waals surface area (Å²) in [6.07, 6.45) is 14.8. The summed E-state index contributed by atoms with van der Waals surface area (Å²) < 4.78 is 0. The third kappa shape index (κ3) is 5.47. The molecule has 1 atom stereocenters. The zero-order valence-corrected chi connectivity index (χ0v) is 13.8. The van der Waals surface area contributed by atoms with E-state index in [0.29, 0.717) is 0 Å². The molecule has 1 heteroatoms. The van der Waals surface area contributed by atoms with Crippen molar-refractivity contribution in [3.8, 4) is 0 Å². The molecule has 0 saturated heterocycles. The highest BCUT2D eigenvalue weighted by Crippen LogP contribution is 2.36. The topological polar surface area (TPSA) is 26.0 Å². The van der Waals surface area contributed by atoms with E-state index in [1.165, 1.54) is 75.3 Å². The maximum absolute atomic E-state index is 6.33. The first-order chi connectivity index (χ1) is 10.3. The van der Waals surface area contributed by atoms with Gasteiger partial charge in [0.25, 0.3) is 0 Å². The fourth-order valence-corrected chi connectivity index (χ4v) is 3.24. The molecule has 0 aromatic heterocycles. The third-order valence-electron chi connectivity index (χ3n) is 5.06. The summed E-state index contributed by atoms with van der Waals surface area (Å²) in [6.45, 7) is 2.27. The molecule has 1 saturated carbocycles.